The minimum Gasteiger partial charge on any atom is -0.378 e. The van der Waals surface area contributed by atoms with Gasteiger partial charge in [-0.2, -0.15) is 11.3 Å². The van der Waals surface area contributed by atoms with Crippen LogP contribution >= 0.6 is 22.7 Å². The minimum atomic E-state index is -1.24. The van der Waals surface area contributed by atoms with Crippen LogP contribution in [0.4, 0.5) is 0 Å². The maximum Gasteiger partial charge on any atom is 0.273 e. The van der Waals surface area contributed by atoms with Gasteiger partial charge in [-0.15, -0.1) is 11.3 Å². The fourth-order valence-corrected chi connectivity index (χ4v) is 4.77. The highest BCUT2D eigenvalue weighted by Crippen LogP contribution is 2.33. The van der Waals surface area contributed by atoms with Gasteiger partial charge in [-0.05, 0) is 47.5 Å². The first-order valence-corrected chi connectivity index (χ1v) is 10.1. The molecular formula is C18H18N2O3S2. The molecule has 0 bridgehead atoms. The number of aliphatic hydroxyl groups is 1. The van der Waals surface area contributed by atoms with Crippen LogP contribution in [0.5, 0.6) is 0 Å². The quantitative estimate of drug-likeness (QED) is 0.718. The Morgan fingerprint density at radius 1 is 1.32 bits per heavy atom. The first-order valence-electron chi connectivity index (χ1n) is 8.23. The molecule has 0 aromatic carbocycles. The van der Waals surface area contributed by atoms with Crippen LogP contribution in [0.15, 0.2) is 38.9 Å². The fraction of sp³-hybridized carbons (Fsp3) is 0.333. The molecule has 3 heterocycles. The van der Waals surface area contributed by atoms with Gasteiger partial charge in [-0.25, -0.2) is 0 Å². The lowest BCUT2D eigenvalue weighted by atomic mass is 9.94. The van der Waals surface area contributed by atoms with Crippen LogP contribution < -0.4 is 5.32 Å². The summed E-state index contributed by atoms with van der Waals surface area (Å²) in [5.41, 5.74) is 0.808. The Kier molecular flexibility index (Phi) is 4.45. The number of aromatic nitrogens is 1. The molecular weight excluding hydrogens is 356 g/mol. The number of carbonyl (C=O) groups is 1. The lowest BCUT2D eigenvalue weighted by Crippen LogP contribution is -2.41. The minimum absolute atomic E-state index is 0.0880. The predicted octanol–water partition coefficient (Wildman–Crippen LogP) is 3.34. The Balaban J connectivity index is 1.56. The first kappa shape index (κ1) is 16.5. The molecule has 1 amide bonds. The Morgan fingerprint density at radius 2 is 2.20 bits per heavy atom. The summed E-state index contributed by atoms with van der Waals surface area (Å²) in [4.78, 5) is 13.4. The molecule has 2 N–H and O–H groups in total. The summed E-state index contributed by atoms with van der Waals surface area (Å²) in [6.45, 7) is 0.0880. The second-order valence-electron chi connectivity index (χ2n) is 6.17. The Bertz CT molecular complexity index is 819. The lowest BCUT2D eigenvalue weighted by molar-refractivity contribution is 0.0715. The summed E-state index contributed by atoms with van der Waals surface area (Å²) in [5, 5.41) is 23.8. The van der Waals surface area contributed by atoms with E-state index in [0.29, 0.717) is 5.69 Å². The SMILES string of the molecule is O=C(NC[C@](O)(c1ccsc1)c1cccs1)c1noc2c1CCCC2. The molecule has 0 radical (unpaired) electrons. The summed E-state index contributed by atoms with van der Waals surface area (Å²) in [6, 6.07) is 5.66. The van der Waals surface area contributed by atoms with Crippen molar-refractivity contribution < 1.29 is 14.4 Å². The summed E-state index contributed by atoms with van der Waals surface area (Å²) >= 11 is 2.99. The molecule has 0 spiro atoms. The molecule has 130 valence electrons. The third-order valence-electron chi connectivity index (χ3n) is 4.60. The van der Waals surface area contributed by atoms with Crippen molar-refractivity contribution in [3.8, 4) is 0 Å². The summed E-state index contributed by atoms with van der Waals surface area (Å²) in [7, 11) is 0. The molecule has 1 aliphatic rings. The van der Waals surface area contributed by atoms with Crippen molar-refractivity contribution >= 4 is 28.6 Å². The highest BCUT2D eigenvalue weighted by atomic mass is 32.1. The van der Waals surface area contributed by atoms with Gasteiger partial charge in [0.05, 0.1) is 6.54 Å². The van der Waals surface area contributed by atoms with Gasteiger partial charge in [0, 0.05) is 22.4 Å². The summed E-state index contributed by atoms with van der Waals surface area (Å²) < 4.78 is 5.32. The molecule has 5 nitrogen and oxygen atoms in total. The standard InChI is InChI=1S/C18H18N2O3S2/c21-17(16-13-4-1-2-5-14(13)23-20-16)19-11-18(22,12-7-9-24-10-12)15-6-3-8-25-15/h3,6-10,22H,1-2,4-5,11H2,(H,19,21)/t18-/m0/s1. The third-order valence-corrected chi connectivity index (χ3v) is 6.30. The number of hydrogen-bond donors (Lipinski definition) is 2. The molecule has 3 aromatic rings. The van der Waals surface area contributed by atoms with Crippen molar-refractivity contribution in [2.45, 2.75) is 31.3 Å². The second kappa shape index (κ2) is 6.74. The largest absolute Gasteiger partial charge is 0.378 e. The average Bonchev–Trinajstić information content (AvgIpc) is 3.40. The number of hydrogen-bond acceptors (Lipinski definition) is 6. The Hall–Kier alpha value is -1.96. The maximum atomic E-state index is 12.6. The smallest absolute Gasteiger partial charge is 0.273 e. The fourth-order valence-electron chi connectivity index (χ4n) is 3.20. The highest BCUT2D eigenvalue weighted by molar-refractivity contribution is 7.10. The van der Waals surface area contributed by atoms with Gasteiger partial charge in [0.1, 0.15) is 11.4 Å². The van der Waals surface area contributed by atoms with E-state index in [1.807, 2.05) is 34.3 Å². The number of fused-ring (bicyclic) bond motifs is 1. The molecule has 3 aromatic heterocycles. The zero-order valence-corrected chi connectivity index (χ0v) is 15.2. The third kappa shape index (κ3) is 3.03. The normalized spacial score (nSPS) is 16.2. The number of aryl methyl sites for hydroxylation is 1. The van der Waals surface area contributed by atoms with E-state index in [4.69, 9.17) is 4.52 Å². The van der Waals surface area contributed by atoms with Crippen molar-refractivity contribution in [1.29, 1.82) is 0 Å². The average molecular weight is 374 g/mol. The molecule has 0 aliphatic heterocycles. The zero-order valence-electron chi connectivity index (χ0n) is 13.5. The Morgan fingerprint density at radius 3 is 2.96 bits per heavy atom. The van der Waals surface area contributed by atoms with Crippen molar-refractivity contribution in [1.82, 2.24) is 10.5 Å². The molecule has 0 saturated carbocycles. The Labute approximate surface area is 153 Å². The van der Waals surface area contributed by atoms with E-state index < -0.39 is 5.60 Å². The van der Waals surface area contributed by atoms with Crippen LogP contribution in [0, 0.1) is 0 Å². The number of rotatable bonds is 5. The van der Waals surface area contributed by atoms with E-state index in [2.05, 4.69) is 10.5 Å². The predicted molar refractivity (Wildman–Crippen MR) is 97.1 cm³/mol. The number of nitrogens with one attached hydrogen (secondary N) is 1. The van der Waals surface area contributed by atoms with Crippen molar-refractivity contribution in [3.05, 3.63) is 61.8 Å². The van der Waals surface area contributed by atoms with Crippen LogP contribution in [-0.2, 0) is 18.4 Å². The monoisotopic (exact) mass is 374 g/mol. The number of carbonyl (C=O) groups excluding carboxylic acids is 1. The first-order chi connectivity index (χ1) is 12.2. The summed E-state index contributed by atoms with van der Waals surface area (Å²) in [6.07, 6.45) is 3.77. The van der Waals surface area contributed by atoms with Gasteiger partial charge in [0.15, 0.2) is 5.69 Å². The van der Waals surface area contributed by atoms with E-state index in [-0.39, 0.29) is 12.5 Å². The van der Waals surface area contributed by atoms with Gasteiger partial charge >= 0.3 is 0 Å². The zero-order chi connectivity index (χ0) is 17.3. The van der Waals surface area contributed by atoms with E-state index in [1.165, 1.54) is 22.7 Å². The van der Waals surface area contributed by atoms with E-state index in [9.17, 15) is 9.90 Å². The van der Waals surface area contributed by atoms with Crippen LogP contribution in [-0.4, -0.2) is 22.7 Å². The number of amides is 1. The maximum absolute atomic E-state index is 12.6. The second-order valence-corrected chi connectivity index (χ2v) is 7.90. The molecule has 0 saturated heterocycles. The van der Waals surface area contributed by atoms with Gasteiger partial charge in [-0.3, -0.25) is 4.79 Å². The van der Waals surface area contributed by atoms with Crippen molar-refractivity contribution in [2.24, 2.45) is 0 Å². The van der Waals surface area contributed by atoms with Crippen molar-refractivity contribution in [2.75, 3.05) is 6.54 Å². The highest BCUT2D eigenvalue weighted by Gasteiger charge is 2.34. The van der Waals surface area contributed by atoms with Gasteiger partial charge < -0.3 is 14.9 Å². The van der Waals surface area contributed by atoms with Crippen molar-refractivity contribution in [3.63, 3.8) is 0 Å². The van der Waals surface area contributed by atoms with Crippen LogP contribution in [0.2, 0.25) is 0 Å². The molecule has 0 unspecified atom stereocenters. The number of nitrogens with zero attached hydrogens (tertiary/aromatic N) is 1. The van der Waals surface area contributed by atoms with Crippen LogP contribution in [0.3, 0.4) is 0 Å². The molecule has 1 aliphatic carbocycles. The van der Waals surface area contributed by atoms with E-state index >= 15 is 0 Å². The molecule has 1 atom stereocenters. The lowest BCUT2D eigenvalue weighted by Gasteiger charge is -2.26. The molecule has 25 heavy (non-hydrogen) atoms. The van der Waals surface area contributed by atoms with Gasteiger partial charge in [0.25, 0.3) is 5.91 Å². The van der Waals surface area contributed by atoms with E-state index in [0.717, 1.165) is 47.4 Å². The molecule has 4 rings (SSSR count). The van der Waals surface area contributed by atoms with E-state index in [1.54, 1.807) is 0 Å². The van der Waals surface area contributed by atoms with Crippen LogP contribution in [0.1, 0.15) is 45.1 Å². The van der Waals surface area contributed by atoms with Gasteiger partial charge in [-0.1, -0.05) is 11.2 Å². The molecule has 7 heteroatoms. The van der Waals surface area contributed by atoms with Gasteiger partial charge in [0.2, 0.25) is 0 Å². The number of thiophene rings is 2. The van der Waals surface area contributed by atoms with Crippen LogP contribution in [0.25, 0.3) is 0 Å². The molecule has 0 fully saturated rings. The summed E-state index contributed by atoms with van der Waals surface area (Å²) in [5.74, 6) is 0.528. The topological polar surface area (TPSA) is 75.4 Å².